The summed E-state index contributed by atoms with van der Waals surface area (Å²) in [5.41, 5.74) is 0. The first-order valence-electron chi connectivity index (χ1n) is 5.18. The molecule has 15 heavy (non-hydrogen) atoms. The van der Waals surface area contributed by atoms with E-state index in [0.29, 0.717) is 0 Å². The Hall–Kier alpha value is -0.680. The van der Waals surface area contributed by atoms with Gasteiger partial charge in [0.2, 0.25) is 0 Å². The van der Waals surface area contributed by atoms with E-state index in [1.165, 1.54) is 0 Å². The lowest BCUT2D eigenvalue weighted by atomic mass is 9.99. The van der Waals surface area contributed by atoms with Gasteiger partial charge in [0.25, 0.3) is 0 Å². The molecule has 0 amide bonds. The van der Waals surface area contributed by atoms with Gasteiger partial charge in [-0.2, -0.15) is 0 Å². The zero-order chi connectivity index (χ0) is 10.5. The molecule has 2 heterocycles. The molecule has 2 aliphatic heterocycles. The average molecular weight is 210 g/mol. The van der Waals surface area contributed by atoms with Crippen LogP contribution in [0.1, 0.15) is 13.8 Å². The molecule has 2 saturated heterocycles. The van der Waals surface area contributed by atoms with Crippen LogP contribution in [0.25, 0.3) is 0 Å². The highest BCUT2D eigenvalue weighted by Crippen LogP contribution is 2.37. The third-order valence-electron chi connectivity index (χ3n) is 2.80. The van der Waals surface area contributed by atoms with Gasteiger partial charge in [-0.1, -0.05) is 12.2 Å². The van der Waals surface area contributed by atoms with Crippen molar-refractivity contribution in [3.63, 3.8) is 0 Å². The minimum atomic E-state index is -0.561. The summed E-state index contributed by atoms with van der Waals surface area (Å²) in [6.07, 6.45) is 7.22. The van der Waals surface area contributed by atoms with Crippen LogP contribution in [0, 0.1) is 0 Å². The molecule has 4 atom stereocenters. The van der Waals surface area contributed by atoms with Crippen molar-refractivity contribution in [1.82, 2.24) is 0 Å². The van der Waals surface area contributed by atoms with Gasteiger partial charge in [-0.05, 0) is 26.0 Å². The molecule has 0 aromatic carbocycles. The zero-order valence-electron chi connectivity index (χ0n) is 8.75. The first-order valence-corrected chi connectivity index (χ1v) is 5.18. The summed E-state index contributed by atoms with van der Waals surface area (Å²) in [6.45, 7) is 3.82. The lowest BCUT2D eigenvalue weighted by molar-refractivity contribution is -0.380. The molecule has 0 aromatic rings. The summed E-state index contributed by atoms with van der Waals surface area (Å²) in [5.74, 6) is -0.561. The second-order valence-electron chi connectivity index (χ2n) is 4.46. The molecule has 82 valence electrons. The Morgan fingerprint density at radius 2 is 1.33 bits per heavy atom. The molecule has 3 aliphatic rings. The van der Waals surface area contributed by atoms with E-state index in [9.17, 15) is 0 Å². The van der Waals surface area contributed by atoms with Crippen LogP contribution in [-0.4, -0.2) is 30.2 Å². The van der Waals surface area contributed by atoms with Gasteiger partial charge in [-0.3, -0.25) is 0 Å². The molecule has 3 rings (SSSR count). The molecule has 0 aromatic heterocycles. The van der Waals surface area contributed by atoms with Gasteiger partial charge >= 0.3 is 0 Å². The largest absolute Gasteiger partial charge is 0.341 e. The topological polar surface area (TPSA) is 36.9 Å². The standard InChI is InChI=1S/C11H14O4/c1-11(2)12-9-7-5-3-4-6-8(15-14-7)10(9)13-11/h3-10H,1-2H3/b5-3-,6-4?/t7-,8+,9-,10+/m1/s1. The fourth-order valence-corrected chi connectivity index (χ4v) is 2.19. The van der Waals surface area contributed by atoms with Crippen LogP contribution in [0.15, 0.2) is 24.3 Å². The third kappa shape index (κ3) is 1.54. The number of hydrogen-bond acceptors (Lipinski definition) is 4. The summed E-state index contributed by atoms with van der Waals surface area (Å²) < 4.78 is 11.6. The maximum absolute atomic E-state index is 5.81. The maximum Gasteiger partial charge on any atom is 0.164 e. The Kier molecular flexibility index (Phi) is 2.01. The second kappa shape index (κ2) is 3.15. The molecule has 0 unspecified atom stereocenters. The number of allylic oxidation sites excluding steroid dienone is 2. The van der Waals surface area contributed by atoms with E-state index in [-0.39, 0.29) is 24.4 Å². The zero-order valence-corrected chi connectivity index (χ0v) is 8.75. The summed E-state index contributed by atoms with van der Waals surface area (Å²) in [5, 5.41) is 0. The van der Waals surface area contributed by atoms with E-state index >= 15 is 0 Å². The first-order chi connectivity index (χ1) is 7.16. The van der Waals surface area contributed by atoms with Gasteiger partial charge in [0, 0.05) is 0 Å². The summed E-state index contributed by atoms with van der Waals surface area (Å²) in [7, 11) is 0. The molecule has 2 fully saturated rings. The molecule has 4 heteroatoms. The Balaban J connectivity index is 1.95. The molecule has 0 saturated carbocycles. The molecule has 2 bridgehead atoms. The van der Waals surface area contributed by atoms with Crippen molar-refractivity contribution in [3.8, 4) is 0 Å². The average Bonchev–Trinajstić information content (AvgIpc) is 2.41. The molecule has 0 N–H and O–H groups in total. The van der Waals surface area contributed by atoms with Gasteiger partial charge in [0.1, 0.15) is 24.4 Å². The number of hydrogen-bond donors (Lipinski definition) is 0. The summed E-state index contributed by atoms with van der Waals surface area (Å²) >= 11 is 0. The van der Waals surface area contributed by atoms with Crippen LogP contribution in [0.2, 0.25) is 0 Å². The van der Waals surface area contributed by atoms with Crippen LogP contribution < -0.4 is 0 Å². The highest BCUT2D eigenvalue weighted by Gasteiger charge is 2.52. The van der Waals surface area contributed by atoms with E-state index < -0.39 is 5.79 Å². The van der Waals surface area contributed by atoms with Crippen LogP contribution >= 0.6 is 0 Å². The summed E-state index contributed by atoms with van der Waals surface area (Å²) in [6, 6.07) is 0. The number of rotatable bonds is 0. The van der Waals surface area contributed by atoms with Gasteiger partial charge in [0.15, 0.2) is 5.79 Å². The quantitative estimate of drug-likeness (QED) is 0.565. The molecule has 1 aliphatic carbocycles. The Bertz CT molecular complexity index is 291. The minimum Gasteiger partial charge on any atom is -0.341 e. The minimum absolute atomic E-state index is 0.0834. The van der Waals surface area contributed by atoms with Crippen molar-refractivity contribution in [2.75, 3.05) is 0 Å². The van der Waals surface area contributed by atoms with Gasteiger partial charge in [-0.25, -0.2) is 9.78 Å². The molecular weight excluding hydrogens is 196 g/mol. The van der Waals surface area contributed by atoms with Gasteiger partial charge < -0.3 is 9.47 Å². The molecular formula is C11H14O4. The van der Waals surface area contributed by atoms with Crippen LogP contribution in [0.4, 0.5) is 0 Å². The smallest absolute Gasteiger partial charge is 0.164 e. The first kappa shape index (κ1) is 9.54. The highest BCUT2D eigenvalue weighted by molar-refractivity contribution is 5.16. The van der Waals surface area contributed by atoms with Crippen LogP contribution in [0.5, 0.6) is 0 Å². The van der Waals surface area contributed by atoms with E-state index in [2.05, 4.69) is 0 Å². The van der Waals surface area contributed by atoms with Crippen molar-refractivity contribution in [2.24, 2.45) is 0 Å². The SMILES string of the molecule is CC1(C)O[C@@H]2[C@H](O1)[C@H]1/C=C\C=C[C@@H]2OO1. The van der Waals surface area contributed by atoms with Crippen molar-refractivity contribution in [1.29, 1.82) is 0 Å². The Labute approximate surface area is 88.4 Å². The lowest BCUT2D eigenvalue weighted by Crippen LogP contribution is -2.49. The molecule has 0 radical (unpaired) electrons. The van der Waals surface area contributed by atoms with Crippen molar-refractivity contribution in [3.05, 3.63) is 24.3 Å². The Morgan fingerprint density at radius 3 is 1.80 bits per heavy atom. The van der Waals surface area contributed by atoms with Crippen LogP contribution in [-0.2, 0) is 19.2 Å². The van der Waals surface area contributed by atoms with Crippen molar-refractivity contribution < 1.29 is 19.2 Å². The fourth-order valence-electron chi connectivity index (χ4n) is 2.19. The van der Waals surface area contributed by atoms with Gasteiger partial charge in [0.05, 0.1) is 0 Å². The van der Waals surface area contributed by atoms with Crippen molar-refractivity contribution >= 4 is 0 Å². The van der Waals surface area contributed by atoms with E-state index in [0.717, 1.165) is 0 Å². The molecule has 0 spiro atoms. The third-order valence-corrected chi connectivity index (χ3v) is 2.80. The predicted molar refractivity (Wildman–Crippen MR) is 51.9 cm³/mol. The van der Waals surface area contributed by atoms with E-state index in [1.807, 2.05) is 38.2 Å². The maximum atomic E-state index is 5.81. The van der Waals surface area contributed by atoms with Gasteiger partial charge in [-0.15, -0.1) is 0 Å². The highest BCUT2D eigenvalue weighted by atomic mass is 17.2. The van der Waals surface area contributed by atoms with Crippen LogP contribution in [0.3, 0.4) is 0 Å². The fraction of sp³-hybridized carbons (Fsp3) is 0.636. The lowest BCUT2D eigenvalue weighted by Gasteiger charge is -2.33. The normalized spacial score (nSPS) is 48.4. The monoisotopic (exact) mass is 210 g/mol. The van der Waals surface area contributed by atoms with E-state index in [1.54, 1.807) is 0 Å². The number of ether oxygens (including phenoxy) is 2. The Morgan fingerprint density at radius 1 is 0.867 bits per heavy atom. The summed E-state index contributed by atoms with van der Waals surface area (Å²) in [4.78, 5) is 10.5. The predicted octanol–water partition coefficient (Wildman–Crippen LogP) is 1.33. The van der Waals surface area contributed by atoms with E-state index in [4.69, 9.17) is 19.2 Å². The molecule has 4 nitrogen and oxygen atoms in total. The van der Waals surface area contributed by atoms with Crippen molar-refractivity contribution in [2.45, 2.75) is 44.1 Å². The second-order valence-corrected chi connectivity index (χ2v) is 4.46.